The Hall–Kier alpha value is -2.26. The van der Waals surface area contributed by atoms with Crippen molar-refractivity contribution in [2.45, 2.75) is 24.8 Å². The van der Waals surface area contributed by atoms with Crippen LogP contribution in [0.2, 0.25) is 0 Å². The van der Waals surface area contributed by atoms with Crippen LogP contribution in [0.15, 0.2) is 58.8 Å². The number of sulfonamides is 1. The summed E-state index contributed by atoms with van der Waals surface area (Å²) < 4.78 is 37.8. The second-order valence-corrected chi connectivity index (χ2v) is 9.77. The molecule has 6 nitrogen and oxygen atoms in total. The fraction of sp³-hybridized carbons (Fsp3) is 0.318. The van der Waals surface area contributed by atoms with Gasteiger partial charge in [-0.05, 0) is 36.2 Å². The van der Waals surface area contributed by atoms with Gasteiger partial charge < -0.3 is 9.47 Å². The van der Waals surface area contributed by atoms with E-state index in [9.17, 15) is 8.42 Å². The van der Waals surface area contributed by atoms with E-state index in [1.54, 1.807) is 35.6 Å². The van der Waals surface area contributed by atoms with Gasteiger partial charge in [-0.3, -0.25) is 0 Å². The maximum atomic E-state index is 12.7. The number of thiazole rings is 1. The standard InChI is InChI=1S/C22H24N2O4S2/c1-2-17-3-5-18(6-4-17)22-23-19(16-29-22)15-28-20-7-9-21(10-8-20)30(25,26)24-11-13-27-14-12-24/h3-10,16H,2,11-15H2,1H3. The van der Waals surface area contributed by atoms with Crippen molar-refractivity contribution in [1.82, 2.24) is 9.29 Å². The van der Waals surface area contributed by atoms with Crippen LogP contribution in [0.25, 0.3) is 10.6 Å². The lowest BCUT2D eigenvalue weighted by Crippen LogP contribution is -2.40. The average Bonchev–Trinajstić information content (AvgIpc) is 3.28. The van der Waals surface area contributed by atoms with Gasteiger partial charge in [0, 0.05) is 24.0 Å². The number of nitrogens with zero attached hydrogens (tertiary/aromatic N) is 2. The number of hydrogen-bond acceptors (Lipinski definition) is 6. The van der Waals surface area contributed by atoms with Crippen LogP contribution in [-0.4, -0.2) is 44.0 Å². The van der Waals surface area contributed by atoms with Crippen LogP contribution in [0, 0.1) is 0 Å². The summed E-state index contributed by atoms with van der Waals surface area (Å²) in [5.74, 6) is 0.609. The molecule has 0 aliphatic carbocycles. The van der Waals surface area contributed by atoms with Gasteiger partial charge in [-0.25, -0.2) is 13.4 Å². The average molecular weight is 445 g/mol. The molecule has 1 saturated heterocycles. The Bertz CT molecular complexity index is 1070. The van der Waals surface area contributed by atoms with E-state index in [0.29, 0.717) is 38.7 Å². The Labute approximate surface area is 181 Å². The molecule has 2 heterocycles. The summed E-state index contributed by atoms with van der Waals surface area (Å²) in [6.45, 7) is 4.09. The smallest absolute Gasteiger partial charge is 0.243 e. The molecule has 2 aromatic carbocycles. The van der Waals surface area contributed by atoms with Crippen LogP contribution >= 0.6 is 11.3 Å². The Balaban J connectivity index is 1.38. The summed E-state index contributed by atoms with van der Waals surface area (Å²) in [5, 5.41) is 2.95. The van der Waals surface area contributed by atoms with Crippen LogP contribution in [0.4, 0.5) is 0 Å². The van der Waals surface area contributed by atoms with Gasteiger partial charge in [-0.2, -0.15) is 4.31 Å². The van der Waals surface area contributed by atoms with E-state index < -0.39 is 10.0 Å². The zero-order valence-electron chi connectivity index (χ0n) is 16.8. The van der Waals surface area contributed by atoms with Crippen molar-refractivity contribution in [2.24, 2.45) is 0 Å². The molecule has 0 bridgehead atoms. The molecule has 0 spiro atoms. The second kappa shape index (κ2) is 9.26. The number of ether oxygens (including phenoxy) is 2. The molecule has 1 aromatic heterocycles. The number of hydrogen-bond donors (Lipinski definition) is 0. The highest BCUT2D eigenvalue weighted by Crippen LogP contribution is 2.25. The zero-order valence-corrected chi connectivity index (χ0v) is 18.4. The Morgan fingerprint density at radius 3 is 2.43 bits per heavy atom. The largest absolute Gasteiger partial charge is 0.487 e. The summed E-state index contributed by atoms with van der Waals surface area (Å²) in [7, 11) is -3.49. The molecule has 1 fully saturated rings. The molecular formula is C22H24N2O4S2. The number of morpholine rings is 1. The number of benzene rings is 2. The van der Waals surface area contributed by atoms with Crippen LogP contribution in [0.3, 0.4) is 0 Å². The molecule has 1 aliphatic heterocycles. The van der Waals surface area contributed by atoms with Crippen LogP contribution in [0.5, 0.6) is 5.75 Å². The minimum absolute atomic E-state index is 0.267. The Morgan fingerprint density at radius 1 is 1.07 bits per heavy atom. The molecule has 0 saturated carbocycles. The maximum Gasteiger partial charge on any atom is 0.243 e. The van der Waals surface area contributed by atoms with E-state index >= 15 is 0 Å². The molecule has 4 rings (SSSR count). The summed E-state index contributed by atoms with van der Waals surface area (Å²) in [6.07, 6.45) is 1.02. The first-order valence-electron chi connectivity index (χ1n) is 9.91. The number of aromatic nitrogens is 1. The lowest BCUT2D eigenvalue weighted by atomic mass is 10.1. The monoisotopic (exact) mass is 444 g/mol. The lowest BCUT2D eigenvalue weighted by Gasteiger charge is -2.26. The van der Waals surface area contributed by atoms with Gasteiger partial charge in [0.25, 0.3) is 0 Å². The molecule has 30 heavy (non-hydrogen) atoms. The summed E-state index contributed by atoms with van der Waals surface area (Å²) in [6, 6.07) is 15.0. The molecule has 158 valence electrons. The van der Waals surface area contributed by atoms with Crippen molar-refractivity contribution in [3.63, 3.8) is 0 Å². The molecule has 0 atom stereocenters. The Kier molecular flexibility index (Phi) is 6.48. The zero-order chi connectivity index (χ0) is 21.0. The van der Waals surface area contributed by atoms with Crippen LogP contribution in [0.1, 0.15) is 18.2 Å². The van der Waals surface area contributed by atoms with Crippen molar-refractivity contribution in [3.8, 4) is 16.3 Å². The van der Waals surface area contributed by atoms with Gasteiger partial charge >= 0.3 is 0 Å². The molecule has 0 N–H and O–H groups in total. The molecule has 3 aromatic rings. The SMILES string of the molecule is CCc1ccc(-c2nc(COc3ccc(S(=O)(=O)N4CCOCC4)cc3)cs2)cc1. The van der Waals surface area contributed by atoms with Gasteiger partial charge in [0.2, 0.25) is 10.0 Å². The highest BCUT2D eigenvalue weighted by molar-refractivity contribution is 7.89. The molecule has 1 aliphatic rings. The highest BCUT2D eigenvalue weighted by Gasteiger charge is 2.26. The third kappa shape index (κ3) is 4.73. The number of aryl methyl sites for hydroxylation is 1. The normalized spacial score (nSPS) is 15.2. The molecule has 0 radical (unpaired) electrons. The molecule has 0 unspecified atom stereocenters. The lowest BCUT2D eigenvalue weighted by molar-refractivity contribution is 0.0730. The van der Waals surface area contributed by atoms with Gasteiger partial charge in [0.15, 0.2) is 0 Å². The van der Waals surface area contributed by atoms with E-state index in [0.717, 1.165) is 22.7 Å². The van der Waals surface area contributed by atoms with Crippen LogP contribution < -0.4 is 4.74 Å². The maximum absolute atomic E-state index is 12.7. The summed E-state index contributed by atoms with van der Waals surface area (Å²) >= 11 is 1.59. The quantitative estimate of drug-likeness (QED) is 0.552. The minimum Gasteiger partial charge on any atom is -0.487 e. The minimum atomic E-state index is -3.49. The van der Waals surface area contributed by atoms with Gasteiger partial charge in [-0.1, -0.05) is 31.2 Å². The van der Waals surface area contributed by atoms with E-state index in [1.165, 1.54) is 9.87 Å². The van der Waals surface area contributed by atoms with E-state index in [-0.39, 0.29) is 4.90 Å². The highest BCUT2D eigenvalue weighted by atomic mass is 32.2. The second-order valence-electron chi connectivity index (χ2n) is 6.97. The molecular weight excluding hydrogens is 420 g/mol. The first kappa shape index (κ1) is 21.0. The third-order valence-corrected chi connectivity index (χ3v) is 7.83. The van der Waals surface area contributed by atoms with Crippen molar-refractivity contribution >= 4 is 21.4 Å². The molecule has 8 heteroatoms. The van der Waals surface area contributed by atoms with Crippen LogP contribution in [-0.2, 0) is 27.8 Å². The topological polar surface area (TPSA) is 68.7 Å². The predicted octanol–water partition coefficient (Wildman–Crippen LogP) is 3.97. The predicted molar refractivity (Wildman–Crippen MR) is 117 cm³/mol. The first-order valence-corrected chi connectivity index (χ1v) is 12.2. The van der Waals surface area contributed by atoms with E-state index in [4.69, 9.17) is 9.47 Å². The van der Waals surface area contributed by atoms with Gasteiger partial charge in [0.05, 0.1) is 23.8 Å². The summed E-state index contributed by atoms with van der Waals surface area (Å²) in [4.78, 5) is 4.92. The fourth-order valence-corrected chi connectivity index (χ4v) is 5.41. The van der Waals surface area contributed by atoms with Gasteiger partial charge in [-0.15, -0.1) is 11.3 Å². The van der Waals surface area contributed by atoms with Crippen molar-refractivity contribution in [1.29, 1.82) is 0 Å². The fourth-order valence-electron chi connectivity index (χ4n) is 3.19. The Morgan fingerprint density at radius 2 is 1.77 bits per heavy atom. The first-order chi connectivity index (χ1) is 14.6. The molecule has 0 amide bonds. The van der Waals surface area contributed by atoms with Crippen molar-refractivity contribution in [3.05, 3.63) is 65.2 Å². The van der Waals surface area contributed by atoms with E-state index in [2.05, 4.69) is 36.2 Å². The third-order valence-electron chi connectivity index (χ3n) is 4.98. The van der Waals surface area contributed by atoms with Gasteiger partial charge in [0.1, 0.15) is 17.4 Å². The van der Waals surface area contributed by atoms with Crippen molar-refractivity contribution in [2.75, 3.05) is 26.3 Å². The number of rotatable bonds is 7. The summed E-state index contributed by atoms with van der Waals surface area (Å²) in [5.41, 5.74) is 3.25. The van der Waals surface area contributed by atoms with E-state index in [1.807, 2.05) is 5.38 Å². The van der Waals surface area contributed by atoms with Crippen molar-refractivity contribution < 1.29 is 17.9 Å².